The van der Waals surface area contributed by atoms with Crippen molar-refractivity contribution in [3.8, 4) is 0 Å². The molecule has 32 heavy (non-hydrogen) atoms. The van der Waals surface area contributed by atoms with Crippen molar-refractivity contribution in [3.05, 3.63) is 48.0 Å². The number of nitrogens with zero attached hydrogens (tertiary/aromatic N) is 2. The van der Waals surface area contributed by atoms with Crippen molar-refractivity contribution in [1.29, 1.82) is 0 Å². The van der Waals surface area contributed by atoms with E-state index in [1.165, 1.54) is 0 Å². The van der Waals surface area contributed by atoms with Gasteiger partial charge in [0.1, 0.15) is 12.1 Å². The summed E-state index contributed by atoms with van der Waals surface area (Å²) >= 11 is 0. The number of imide groups is 1. The number of nitrogens with one attached hydrogen (secondary N) is 1. The zero-order valence-electron chi connectivity index (χ0n) is 19.9. The highest BCUT2D eigenvalue weighted by Gasteiger charge is 2.50. The number of fused-ring (bicyclic) bond motifs is 1. The van der Waals surface area contributed by atoms with Crippen LogP contribution in [-0.2, 0) is 15.1 Å². The van der Waals surface area contributed by atoms with Gasteiger partial charge in [0.2, 0.25) is 5.91 Å². The fourth-order valence-electron chi connectivity index (χ4n) is 4.11. The lowest BCUT2D eigenvalue weighted by molar-refractivity contribution is -0.139. The highest BCUT2D eigenvalue weighted by atomic mass is 16.2. The number of carbonyl (C=O) groups is 3. The van der Waals surface area contributed by atoms with Crippen LogP contribution in [0.1, 0.15) is 53.0 Å². The first-order chi connectivity index (χ1) is 15.1. The summed E-state index contributed by atoms with van der Waals surface area (Å²) in [7, 11) is 0. The van der Waals surface area contributed by atoms with Crippen LogP contribution in [0, 0.1) is 11.8 Å². The van der Waals surface area contributed by atoms with Gasteiger partial charge in [0.15, 0.2) is 0 Å². The Balaban J connectivity index is 1.82. The third kappa shape index (κ3) is 4.95. The van der Waals surface area contributed by atoms with Crippen molar-refractivity contribution in [2.45, 2.75) is 53.0 Å². The summed E-state index contributed by atoms with van der Waals surface area (Å²) in [5, 5.41) is 4.76. The van der Waals surface area contributed by atoms with Crippen molar-refractivity contribution < 1.29 is 14.4 Å². The van der Waals surface area contributed by atoms with E-state index in [2.05, 4.69) is 33.0 Å². The molecule has 1 atom stereocenters. The van der Waals surface area contributed by atoms with Crippen molar-refractivity contribution in [2.75, 3.05) is 19.6 Å². The second-order valence-corrected chi connectivity index (χ2v) is 9.72. The fourth-order valence-corrected chi connectivity index (χ4v) is 4.11. The number of hydrogen-bond acceptors (Lipinski definition) is 3. The average molecular weight is 438 g/mol. The maximum atomic E-state index is 13.4. The summed E-state index contributed by atoms with van der Waals surface area (Å²) in [6, 6.07) is 13.0. The predicted molar refractivity (Wildman–Crippen MR) is 127 cm³/mol. The molecule has 1 fully saturated rings. The number of amides is 4. The first kappa shape index (κ1) is 23.8. The maximum absolute atomic E-state index is 13.4. The lowest BCUT2D eigenvalue weighted by atomic mass is 9.88. The van der Waals surface area contributed by atoms with Crippen molar-refractivity contribution >= 4 is 28.6 Å². The zero-order valence-corrected chi connectivity index (χ0v) is 19.9. The van der Waals surface area contributed by atoms with Crippen LogP contribution < -0.4 is 5.32 Å². The van der Waals surface area contributed by atoms with Gasteiger partial charge in [-0.2, -0.15) is 0 Å². The van der Waals surface area contributed by atoms with Crippen LogP contribution in [0.5, 0.6) is 0 Å². The Hall–Kier alpha value is -2.89. The molecule has 0 radical (unpaired) electrons. The van der Waals surface area contributed by atoms with Gasteiger partial charge < -0.3 is 10.2 Å². The monoisotopic (exact) mass is 437 g/mol. The second-order valence-electron chi connectivity index (χ2n) is 9.72. The van der Waals surface area contributed by atoms with E-state index in [0.29, 0.717) is 24.9 Å². The molecule has 6 heteroatoms. The van der Waals surface area contributed by atoms with Crippen LogP contribution >= 0.6 is 0 Å². The predicted octanol–water partition coefficient (Wildman–Crippen LogP) is 4.53. The molecule has 4 amide bonds. The number of benzene rings is 2. The fraction of sp³-hybridized carbons (Fsp3) is 0.500. The van der Waals surface area contributed by atoms with Gasteiger partial charge >= 0.3 is 6.03 Å². The average Bonchev–Trinajstić information content (AvgIpc) is 2.96. The van der Waals surface area contributed by atoms with Gasteiger partial charge in [0.05, 0.1) is 0 Å². The van der Waals surface area contributed by atoms with Gasteiger partial charge in [-0.15, -0.1) is 0 Å². The minimum Gasteiger partial charge on any atom is -0.341 e. The second kappa shape index (κ2) is 9.72. The molecule has 172 valence electrons. The highest BCUT2D eigenvalue weighted by molar-refractivity contribution is 6.10. The first-order valence-electron chi connectivity index (χ1n) is 11.5. The molecule has 0 unspecified atom stereocenters. The third-order valence-electron chi connectivity index (χ3n) is 6.20. The molecule has 1 heterocycles. The Bertz CT molecular complexity index is 983. The summed E-state index contributed by atoms with van der Waals surface area (Å²) in [6.45, 7) is 11.2. The molecular formula is C26H35N3O3. The molecule has 2 aromatic rings. The first-order valence-corrected chi connectivity index (χ1v) is 11.5. The molecular weight excluding hydrogens is 402 g/mol. The van der Waals surface area contributed by atoms with E-state index in [0.717, 1.165) is 34.1 Å². The minimum atomic E-state index is -1.21. The quantitative estimate of drug-likeness (QED) is 0.586. The van der Waals surface area contributed by atoms with Crippen LogP contribution in [-0.4, -0.2) is 47.3 Å². The number of carbonyl (C=O) groups excluding carboxylic acids is 3. The summed E-state index contributed by atoms with van der Waals surface area (Å²) in [6.07, 6.45) is 1.77. The molecule has 6 nitrogen and oxygen atoms in total. The standard InChI is InChI=1S/C26H35N3O3/c1-18(2)13-15-28(16-14-19(3)4)23(30)17-29-24(31)26(5,27-25(29)32)22-12-8-10-20-9-6-7-11-21(20)22/h6-12,18-19H,13-17H2,1-5H3,(H,27,32)/t26-/m0/s1. The Kier molecular flexibility index (Phi) is 7.22. The normalized spacial score (nSPS) is 18.7. The Morgan fingerprint density at radius 1 is 0.969 bits per heavy atom. The van der Waals surface area contributed by atoms with Gasteiger partial charge in [-0.3, -0.25) is 14.5 Å². The van der Waals surface area contributed by atoms with Crippen LogP contribution in [0.4, 0.5) is 4.79 Å². The third-order valence-corrected chi connectivity index (χ3v) is 6.20. The van der Waals surface area contributed by atoms with Crippen LogP contribution in [0.25, 0.3) is 10.8 Å². The largest absolute Gasteiger partial charge is 0.341 e. The van der Waals surface area contributed by atoms with Gasteiger partial charge in [-0.05, 0) is 47.9 Å². The topological polar surface area (TPSA) is 69.7 Å². The van der Waals surface area contributed by atoms with E-state index < -0.39 is 11.6 Å². The van der Waals surface area contributed by atoms with Crippen molar-refractivity contribution in [2.24, 2.45) is 11.8 Å². The van der Waals surface area contributed by atoms with E-state index in [4.69, 9.17) is 0 Å². The molecule has 2 aromatic carbocycles. The number of urea groups is 1. The molecule has 3 rings (SSSR count). The number of hydrogen-bond donors (Lipinski definition) is 1. The molecule has 1 aliphatic heterocycles. The smallest absolute Gasteiger partial charge is 0.325 e. The molecule has 0 bridgehead atoms. The van der Waals surface area contributed by atoms with Gasteiger partial charge in [-0.1, -0.05) is 70.2 Å². The SMILES string of the molecule is CC(C)CCN(CCC(C)C)C(=O)CN1C(=O)N[C@@](C)(c2cccc3ccccc23)C1=O. The lowest BCUT2D eigenvalue weighted by Gasteiger charge is -2.27. The Morgan fingerprint density at radius 2 is 1.56 bits per heavy atom. The van der Waals surface area contributed by atoms with E-state index in [1.807, 2.05) is 42.5 Å². The van der Waals surface area contributed by atoms with Crippen molar-refractivity contribution in [3.63, 3.8) is 0 Å². The molecule has 1 saturated heterocycles. The van der Waals surface area contributed by atoms with E-state index in [-0.39, 0.29) is 18.4 Å². The molecule has 0 aromatic heterocycles. The Labute approximate surface area is 191 Å². The summed E-state index contributed by atoms with van der Waals surface area (Å²) in [5.41, 5.74) is -0.473. The molecule has 0 saturated carbocycles. The van der Waals surface area contributed by atoms with E-state index >= 15 is 0 Å². The summed E-state index contributed by atoms with van der Waals surface area (Å²) in [4.78, 5) is 42.3. The van der Waals surface area contributed by atoms with Gasteiger partial charge in [0.25, 0.3) is 5.91 Å². The molecule has 1 N–H and O–H groups in total. The maximum Gasteiger partial charge on any atom is 0.325 e. The van der Waals surface area contributed by atoms with Crippen LogP contribution in [0.3, 0.4) is 0 Å². The molecule has 0 aliphatic carbocycles. The summed E-state index contributed by atoms with van der Waals surface area (Å²) < 4.78 is 0. The Morgan fingerprint density at radius 3 is 2.19 bits per heavy atom. The lowest BCUT2D eigenvalue weighted by Crippen LogP contribution is -2.45. The minimum absolute atomic E-state index is 0.183. The van der Waals surface area contributed by atoms with Crippen molar-refractivity contribution in [1.82, 2.24) is 15.1 Å². The highest BCUT2D eigenvalue weighted by Crippen LogP contribution is 2.33. The van der Waals surface area contributed by atoms with Crippen LogP contribution in [0.15, 0.2) is 42.5 Å². The molecule has 0 spiro atoms. The van der Waals surface area contributed by atoms with E-state index in [1.54, 1.807) is 11.8 Å². The van der Waals surface area contributed by atoms with Gasteiger partial charge in [-0.25, -0.2) is 4.79 Å². The molecule has 1 aliphatic rings. The number of rotatable bonds is 9. The summed E-state index contributed by atoms with van der Waals surface area (Å²) in [5.74, 6) is 0.364. The van der Waals surface area contributed by atoms with Gasteiger partial charge in [0, 0.05) is 13.1 Å². The van der Waals surface area contributed by atoms with E-state index in [9.17, 15) is 14.4 Å². The van der Waals surface area contributed by atoms with Crippen LogP contribution in [0.2, 0.25) is 0 Å². The zero-order chi connectivity index (χ0) is 23.5.